The van der Waals surface area contributed by atoms with Gasteiger partial charge in [-0.3, -0.25) is 15.0 Å². The Kier molecular flexibility index (Phi) is 6.20. The van der Waals surface area contributed by atoms with Crippen LogP contribution in [0.2, 0.25) is 0 Å². The number of carbonyl (C=O) groups excluding carboxylic acids is 2. The molecule has 0 aromatic heterocycles. The smallest absolute Gasteiger partial charge is 0.412 e. The lowest BCUT2D eigenvalue weighted by atomic mass is 9.94. The number of hydrogen-bond donors (Lipinski definition) is 2. The van der Waals surface area contributed by atoms with Crippen molar-refractivity contribution < 1.29 is 28.9 Å². The fourth-order valence-electron chi connectivity index (χ4n) is 3.67. The third-order valence-corrected chi connectivity index (χ3v) is 4.77. The number of aliphatic hydroxyl groups is 1. The Morgan fingerprint density at radius 2 is 2.00 bits per heavy atom. The van der Waals surface area contributed by atoms with Crippen LogP contribution in [0.4, 0.5) is 4.79 Å². The highest BCUT2D eigenvalue weighted by atomic mass is 16.6. The molecule has 0 aliphatic carbocycles. The van der Waals surface area contributed by atoms with E-state index >= 15 is 0 Å². The highest BCUT2D eigenvalue weighted by Crippen LogP contribution is 2.35. The van der Waals surface area contributed by atoms with E-state index in [-0.39, 0.29) is 30.6 Å². The third-order valence-electron chi connectivity index (χ3n) is 4.77. The normalized spacial score (nSPS) is 31.1. The van der Waals surface area contributed by atoms with Gasteiger partial charge in [-0.15, -0.1) is 0 Å². The molecule has 8 nitrogen and oxygen atoms in total. The number of carbonyl (C=O) groups is 2. The zero-order valence-electron chi connectivity index (χ0n) is 16.6. The van der Waals surface area contributed by atoms with Crippen molar-refractivity contribution in [3.8, 4) is 0 Å². The molecule has 0 spiro atoms. The molecule has 0 saturated carbocycles. The molecule has 0 aromatic rings. The van der Waals surface area contributed by atoms with Gasteiger partial charge >= 0.3 is 12.1 Å². The maximum atomic E-state index is 12.8. The molecule has 2 heterocycles. The summed E-state index contributed by atoms with van der Waals surface area (Å²) in [6, 6.07) is -1.14. The van der Waals surface area contributed by atoms with Crippen molar-refractivity contribution in [3.63, 3.8) is 0 Å². The minimum absolute atomic E-state index is 0.0906. The van der Waals surface area contributed by atoms with Crippen molar-refractivity contribution in [2.45, 2.75) is 77.4 Å². The Balaban J connectivity index is 2.21. The molecule has 2 rings (SSSR count). The highest BCUT2D eigenvalue weighted by Gasteiger charge is 2.53. The van der Waals surface area contributed by atoms with E-state index < -0.39 is 23.5 Å². The van der Waals surface area contributed by atoms with Crippen LogP contribution in [0.5, 0.6) is 0 Å². The summed E-state index contributed by atoms with van der Waals surface area (Å²) in [5.74, 6) is -0.521. The van der Waals surface area contributed by atoms with Crippen molar-refractivity contribution in [1.82, 2.24) is 10.2 Å². The minimum Gasteiger partial charge on any atom is -0.465 e. The van der Waals surface area contributed by atoms with E-state index in [9.17, 15) is 14.7 Å². The fraction of sp³-hybridized carbons (Fsp3) is 0.889. The average Bonchev–Trinajstić information content (AvgIpc) is 3.05. The van der Waals surface area contributed by atoms with Gasteiger partial charge in [0.25, 0.3) is 0 Å². The van der Waals surface area contributed by atoms with Gasteiger partial charge in [-0.2, -0.15) is 0 Å². The van der Waals surface area contributed by atoms with E-state index in [1.165, 1.54) is 0 Å². The van der Waals surface area contributed by atoms with Crippen molar-refractivity contribution in [2.75, 3.05) is 19.8 Å². The van der Waals surface area contributed by atoms with E-state index in [0.29, 0.717) is 19.6 Å². The predicted octanol–water partition coefficient (Wildman–Crippen LogP) is 1.26. The Hall–Kier alpha value is -1.38. The third kappa shape index (κ3) is 4.47. The van der Waals surface area contributed by atoms with Gasteiger partial charge in [0.1, 0.15) is 17.4 Å². The van der Waals surface area contributed by atoms with Gasteiger partial charge in [-0.1, -0.05) is 0 Å². The van der Waals surface area contributed by atoms with Gasteiger partial charge in [0.15, 0.2) is 0 Å². The highest BCUT2D eigenvalue weighted by molar-refractivity contribution is 5.76. The molecule has 0 unspecified atom stereocenters. The van der Waals surface area contributed by atoms with Crippen LogP contribution < -0.4 is 5.32 Å². The maximum Gasteiger partial charge on any atom is 0.412 e. The first-order valence-corrected chi connectivity index (χ1v) is 9.20. The molecule has 0 aromatic carbocycles. The number of amides is 1. The second kappa shape index (κ2) is 7.70. The van der Waals surface area contributed by atoms with Crippen molar-refractivity contribution >= 4 is 12.1 Å². The zero-order chi connectivity index (χ0) is 19.7. The molecule has 0 radical (unpaired) electrons. The molecule has 2 aliphatic rings. The Morgan fingerprint density at radius 3 is 2.54 bits per heavy atom. The first-order valence-electron chi connectivity index (χ1n) is 9.20. The van der Waals surface area contributed by atoms with Crippen LogP contribution in [-0.4, -0.2) is 71.3 Å². The summed E-state index contributed by atoms with van der Waals surface area (Å²) >= 11 is 0. The lowest BCUT2D eigenvalue weighted by Crippen LogP contribution is -2.57. The van der Waals surface area contributed by atoms with E-state index in [2.05, 4.69) is 5.32 Å². The molecule has 2 aliphatic heterocycles. The summed E-state index contributed by atoms with van der Waals surface area (Å²) in [5.41, 5.74) is -1.47. The van der Waals surface area contributed by atoms with Crippen LogP contribution in [-0.2, 0) is 19.0 Å². The predicted molar refractivity (Wildman–Crippen MR) is 94.4 cm³/mol. The van der Waals surface area contributed by atoms with E-state index in [1.807, 2.05) is 34.6 Å². The molecule has 150 valence electrons. The summed E-state index contributed by atoms with van der Waals surface area (Å²) in [4.78, 5) is 26.5. The van der Waals surface area contributed by atoms with Crippen molar-refractivity contribution in [3.05, 3.63) is 0 Å². The Labute approximate surface area is 155 Å². The van der Waals surface area contributed by atoms with Crippen molar-refractivity contribution in [2.24, 2.45) is 5.92 Å². The quantitative estimate of drug-likeness (QED) is 0.717. The Morgan fingerprint density at radius 1 is 1.35 bits per heavy atom. The monoisotopic (exact) mass is 372 g/mol. The minimum atomic E-state index is -0.837. The molecule has 2 N–H and O–H groups in total. The molecule has 1 amide bonds. The van der Waals surface area contributed by atoms with Gasteiger partial charge in [0.2, 0.25) is 0 Å². The Bertz CT molecular complexity index is 530. The molecule has 26 heavy (non-hydrogen) atoms. The topological polar surface area (TPSA) is 97.3 Å². The second-order valence-electron chi connectivity index (χ2n) is 8.35. The molecule has 2 fully saturated rings. The number of esters is 1. The SMILES string of the molecule is CCOC(=O)[C@H]1C[C@H](CO)[C@H]([C@H]2COC(C)(C)N2C(=O)OC(C)(C)C)N1. The van der Waals surface area contributed by atoms with E-state index in [0.717, 1.165) is 0 Å². The van der Waals surface area contributed by atoms with Gasteiger partial charge in [-0.25, -0.2) is 4.79 Å². The first-order chi connectivity index (χ1) is 12.0. The fourth-order valence-corrected chi connectivity index (χ4v) is 3.67. The largest absolute Gasteiger partial charge is 0.465 e. The van der Waals surface area contributed by atoms with Crippen molar-refractivity contribution in [1.29, 1.82) is 0 Å². The van der Waals surface area contributed by atoms with Gasteiger partial charge in [0.05, 0.1) is 19.3 Å². The summed E-state index contributed by atoms with van der Waals surface area (Å²) in [6.45, 7) is 11.3. The van der Waals surface area contributed by atoms with Crippen LogP contribution >= 0.6 is 0 Å². The summed E-state index contributed by atoms with van der Waals surface area (Å²) in [5, 5.41) is 13.0. The number of hydrogen-bond acceptors (Lipinski definition) is 7. The first kappa shape index (κ1) is 20.9. The molecule has 2 saturated heterocycles. The number of ether oxygens (including phenoxy) is 3. The zero-order valence-corrected chi connectivity index (χ0v) is 16.6. The number of nitrogens with one attached hydrogen (secondary N) is 1. The van der Waals surface area contributed by atoms with Crippen LogP contribution in [0.25, 0.3) is 0 Å². The standard InChI is InChI=1S/C18H32N2O6/c1-7-24-15(22)12-8-11(9-21)14(19-12)13-10-25-18(5,6)20(13)16(23)26-17(2,3)4/h11-14,19,21H,7-10H2,1-6H3/t11-,12-,13-,14-/m1/s1. The van der Waals surface area contributed by atoms with Gasteiger partial charge in [-0.05, 0) is 48.0 Å². The van der Waals surface area contributed by atoms with Crippen LogP contribution in [0.3, 0.4) is 0 Å². The lowest BCUT2D eigenvalue weighted by molar-refractivity contribution is -0.145. The van der Waals surface area contributed by atoms with Crippen LogP contribution in [0, 0.1) is 5.92 Å². The molecule has 4 atom stereocenters. The van der Waals surface area contributed by atoms with Gasteiger partial charge in [0, 0.05) is 18.6 Å². The number of aliphatic hydroxyl groups excluding tert-OH is 1. The summed E-state index contributed by atoms with van der Waals surface area (Å²) in [6.07, 6.45) is -0.0119. The number of nitrogens with zero attached hydrogens (tertiary/aromatic N) is 1. The summed E-state index contributed by atoms with van der Waals surface area (Å²) in [7, 11) is 0. The summed E-state index contributed by atoms with van der Waals surface area (Å²) < 4.78 is 16.5. The molecular formula is C18H32N2O6. The van der Waals surface area contributed by atoms with E-state index in [4.69, 9.17) is 14.2 Å². The van der Waals surface area contributed by atoms with Gasteiger partial charge < -0.3 is 19.3 Å². The lowest BCUT2D eigenvalue weighted by Gasteiger charge is -2.38. The molecular weight excluding hydrogens is 340 g/mol. The number of rotatable bonds is 4. The molecule has 0 bridgehead atoms. The van der Waals surface area contributed by atoms with E-state index in [1.54, 1.807) is 11.8 Å². The van der Waals surface area contributed by atoms with Crippen LogP contribution in [0.15, 0.2) is 0 Å². The average molecular weight is 372 g/mol. The maximum absolute atomic E-state index is 12.8. The van der Waals surface area contributed by atoms with Crippen LogP contribution in [0.1, 0.15) is 48.0 Å². The molecule has 8 heteroatoms. The second-order valence-corrected chi connectivity index (χ2v) is 8.35.